The number of rotatable bonds is 0. The number of hydrogen-bond donors (Lipinski definition) is 1. The highest BCUT2D eigenvalue weighted by Gasteiger charge is 2.37. The third-order valence-electron chi connectivity index (χ3n) is 4.14. The maximum atomic E-state index is 6.28. The van der Waals surface area contributed by atoms with Gasteiger partial charge in [0.15, 0.2) is 11.0 Å². The predicted molar refractivity (Wildman–Crippen MR) is 80.8 cm³/mol. The number of nitrogens with zero attached hydrogens (tertiary/aromatic N) is 3. The van der Waals surface area contributed by atoms with Gasteiger partial charge in [0.05, 0.1) is 11.2 Å². The maximum absolute atomic E-state index is 6.28. The fraction of sp³-hybridized carbons (Fsp3) is 0.333. The molecule has 1 N–H and O–H groups in total. The van der Waals surface area contributed by atoms with Gasteiger partial charge in [0.2, 0.25) is 0 Å². The van der Waals surface area contributed by atoms with E-state index in [4.69, 9.17) is 11.6 Å². The van der Waals surface area contributed by atoms with Crippen molar-refractivity contribution in [2.45, 2.75) is 25.8 Å². The first-order chi connectivity index (χ1) is 9.58. The summed E-state index contributed by atoms with van der Waals surface area (Å²) in [7, 11) is 0. The Morgan fingerprint density at radius 2 is 2.15 bits per heavy atom. The Hall–Kier alpha value is -1.81. The molecule has 5 heteroatoms. The van der Waals surface area contributed by atoms with E-state index in [1.54, 1.807) is 0 Å². The van der Waals surface area contributed by atoms with Crippen LogP contribution in [0.3, 0.4) is 0 Å². The molecule has 3 heterocycles. The summed E-state index contributed by atoms with van der Waals surface area (Å²) in [5.41, 5.74) is 4.54. The SMILES string of the molecule is CC1(C)Nc2c(Cl)ncnc2N2CCc3cccc1c32. The first-order valence-corrected chi connectivity index (χ1v) is 7.14. The van der Waals surface area contributed by atoms with Crippen LogP contribution < -0.4 is 10.2 Å². The first kappa shape index (κ1) is 12.0. The van der Waals surface area contributed by atoms with Crippen LogP contribution in [0.15, 0.2) is 24.5 Å². The highest BCUT2D eigenvalue weighted by molar-refractivity contribution is 6.32. The molecule has 2 aliphatic rings. The quantitative estimate of drug-likeness (QED) is 0.753. The van der Waals surface area contributed by atoms with Crippen molar-refractivity contribution < 1.29 is 0 Å². The molecule has 0 unspecified atom stereocenters. The second kappa shape index (κ2) is 3.85. The van der Waals surface area contributed by atoms with Gasteiger partial charge >= 0.3 is 0 Å². The molecule has 20 heavy (non-hydrogen) atoms. The van der Waals surface area contributed by atoms with E-state index in [1.807, 2.05) is 0 Å². The molecule has 102 valence electrons. The minimum absolute atomic E-state index is 0.215. The molecule has 0 amide bonds. The van der Waals surface area contributed by atoms with Gasteiger partial charge in [-0.05, 0) is 25.8 Å². The summed E-state index contributed by atoms with van der Waals surface area (Å²) < 4.78 is 0. The smallest absolute Gasteiger partial charge is 0.161 e. The van der Waals surface area contributed by atoms with Crippen molar-refractivity contribution in [1.82, 2.24) is 9.97 Å². The third kappa shape index (κ3) is 1.48. The Kier molecular flexibility index (Phi) is 2.31. The molecule has 1 aromatic heterocycles. The molecular formula is C15H15ClN4. The maximum Gasteiger partial charge on any atom is 0.161 e. The number of nitrogens with one attached hydrogen (secondary N) is 1. The van der Waals surface area contributed by atoms with E-state index >= 15 is 0 Å². The number of benzene rings is 1. The Morgan fingerprint density at radius 3 is 3.00 bits per heavy atom. The highest BCUT2D eigenvalue weighted by Crippen LogP contribution is 2.48. The topological polar surface area (TPSA) is 41.1 Å². The Bertz CT molecular complexity index is 711. The number of aromatic nitrogens is 2. The number of hydrogen-bond acceptors (Lipinski definition) is 4. The van der Waals surface area contributed by atoms with Crippen molar-refractivity contribution in [3.8, 4) is 0 Å². The van der Waals surface area contributed by atoms with E-state index in [2.05, 4.69) is 52.2 Å². The van der Waals surface area contributed by atoms with E-state index in [1.165, 1.54) is 23.1 Å². The summed E-state index contributed by atoms with van der Waals surface area (Å²) in [6.07, 6.45) is 2.57. The zero-order valence-corrected chi connectivity index (χ0v) is 12.2. The van der Waals surface area contributed by atoms with Crippen molar-refractivity contribution >= 4 is 28.8 Å². The summed E-state index contributed by atoms with van der Waals surface area (Å²) in [5.74, 6) is 0.877. The third-order valence-corrected chi connectivity index (χ3v) is 4.43. The zero-order chi connectivity index (χ0) is 13.9. The average molecular weight is 287 g/mol. The summed E-state index contributed by atoms with van der Waals surface area (Å²) in [6.45, 7) is 5.26. The largest absolute Gasteiger partial charge is 0.370 e. The van der Waals surface area contributed by atoms with Gasteiger partial charge < -0.3 is 10.2 Å². The molecule has 0 radical (unpaired) electrons. The van der Waals surface area contributed by atoms with Crippen LogP contribution in [0.4, 0.5) is 17.2 Å². The van der Waals surface area contributed by atoms with Gasteiger partial charge in [0.1, 0.15) is 12.0 Å². The van der Waals surface area contributed by atoms with Crippen molar-refractivity contribution in [1.29, 1.82) is 0 Å². The number of anilines is 3. The Labute approximate surface area is 122 Å². The molecule has 0 fully saturated rings. The normalized spacial score (nSPS) is 18.1. The summed E-state index contributed by atoms with van der Waals surface area (Å²) >= 11 is 6.28. The van der Waals surface area contributed by atoms with Gasteiger partial charge in [-0.15, -0.1) is 0 Å². The van der Waals surface area contributed by atoms with E-state index in [9.17, 15) is 0 Å². The molecule has 0 bridgehead atoms. The van der Waals surface area contributed by atoms with E-state index in [-0.39, 0.29) is 5.54 Å². The lowest BCUT2D eigenvalue weighted by Gasteiger charge is -2.28. The molecule has 4 rings (SSSR count). The highest BCUT2D eigenvalue weighted by atomic mass is 35.5. The predicted octanol–water partition coefficient (Wildman–Crippen LogP) is 3.48. The van der Waals surface area contributed by atoms with Crippen LogP contribution in [-0.4, -0.2) is 16.5 Å². The van der Waals surface area contributed by atoms with E-state index in [0.717, 1.165) is 24.5 Å². The standard InChI is InChI=1S/C15H15ClN4/c1-15(2)10-5-3-4-9-6-7-20(12(9)10)14-11(19-15)13(16)17-8-18-14/h3-5,8,19H,6-7H2,1-2H3. The van der Waals surface area contributed by atoms with Crippen LogP contribution in [0.5, 0.6) is 0 Å². The molecule has 4 nitrogen and oxygen atoms in total. The molecule has 0 saturated heterocycles. The summed E-state index contributed by atoms with van der Waals surface area (Å²) in [5, 5.41) is 3.99. The van der Waals surface area contributed by atoms with Crippen LogP contribution in [-0.2, 0) is 12.0 Å². The summed E-state index contributed by atoms with van der Waals surface area (Å²) in [4.78, 5) is 10.8. The van der Waals surface area contributed by atoms with Gasteiger partial charge in [-0.2, -0.15) is 0 Å². The molecule has 0 saturated carbocycles. The summed E-state index contributed by atoms with van der Waals surface area (Å²) in [6, 6.07) is 6.50. The van der Waals surface area contributed by atoms with Gasteiger partial charge in [0, 0.05) is 12.1 Å². The lowest BCUT2D eigenvalue weighted by atomic mass is 9.91. The molecule has 0 spiro atoms. The van der Waals surface area contributed by atoms with Crippen LogP contribution in [0, 0.1) is 0 Å². The second-order valence-electron chi connectivity index (χ2n) is 5.83. The lowest BCUT2D eigenvalue weighted by molar-refractivity contribution is 0.613. The first-order valence-electron chi connectivity index (χ1n) is 6.76. The molecule has 0 aliphatic carbocycles. The Morgan fingerprint density at radius 1 is 1.30 bits per heavy atom. The molecule has 2 aromatic rings. The monoisotopic (exact) mass is 286 g/mol. The molecular weight excluding hydrogens is 272 g/mol. The number of halogens is 1. The number of para-hydroxylation sites is 1. The lowest BCUT2D eigenvalue weighted by Crippen LogP contribution is -2.27. The minimum Gasteiger partial charge on any atom is -0.370 e. The number of fused-ring (bicyclic) bond motifs is 2. The van der Waals surface area contributed by atoms with Gasteiger partial charge in [-0.1, -0.05) is 29.8 Å². The van der Waals surface area contributed by atoms with E-state index < -0.39 is 0 Å². The Balaban J connectivity index is 2.07. The van der Waals surface area contributed by atoms with Gasteiger partial charge in [-0.25, -0.2) is 9.97 Å². The van der Waals surface area contributed by atoms with Crippen molar-refractivity contribution in [3.05, 3.63) is 40.8 Å². The van der Waals surface area contributed by atoms with Crippen molar-refractivity contribution in [3.63, 3.8) is 0 Å². The average Bonchev–Trinajstić information content (AvgIpc) is 2.80. The van der Waals surface area contributed by atoms with Crippen LogP contribution >= 0.6 is 11.6 Å². The van der Waals surface area contributed by atoms with Crippen molar-refractivity contribution in [2.75, 3.05) is 16.8 Å². The van der Waals surface area contributed by atoms with Crippen molar-refractivity contribution in [2.24, 2.45) is 0 Å². The van der Waals surface area contributed by atoms with Gasteiger partial charge in [-0.3, -0.25) is 0 Å². The molecule has 2 aliphatic heterocycles. The molecule has 0 atom stereocenters. The van der Waals surface area contributed by atoms with E-state index in [0.29, 0.717) is 5.15 Å². The van der Waals surface area contributed by atoms with Crippen LogP contribution in [0.2, 0.25) is 5.15 Å². The minimum atomic E-state index is -0.215. The molecule has 1 aromatic carbocycles. The van der Waals surface area contributed by atoms with Crippen LogP contribution in [0.1, 0.15) is 25.0 Å². The second-order valence-corrected chi connectivity index (χ2v) is 6.19. The fourth-order valence-corrected chi connectivity index (χ4v) is 3.39. The van der Waals surface area contributed by atoms with Gasteiger partial charge in [0.25, 0.3) is 0 Å². The fourth-order valence-electron chi connectivity index (χ4n) is 3.22. The zero-order valence-electron chi connectivity index (χ0n) is 11.4. The van der Waals surface area contributed by atoms with Crippen LogP contribution in [0.25, 0.3) is 0 Å².